The molecule has 18 heavy (non-hydrogen) atoms. The van der Waals surface area contributed by atoms with Crippen molar-refractivity contribution in [3.63, 3.8) is 0 Å². The molecule has 0 aliphatic carbocycles. The molecular weight excluding hydrogens is 226 g/mol. The summed E-state index contributed by atoms with van der Waals surface area (Å²) >= 11 is 0. The van der Waals surface area contributed by atoms with Crippen LogP contribution in [-0.2, 0) is 14.1 Å². The molecule has 0 saturated carbocycles. The SMILES string of the molecule is C[n+]1ccn(-c2cccc(-n3cc[n+](C)c3)n2)c1. The topological polar surface area (TPSA) is 30.5 Å². The average molecular weight is 241 g/mol. The van der Waals surface area contributed by atoms with E-state index in [0.717, 1.165) is 11.6 Å². The molecule has 5 nitrogen and oxygen atoms in total. The van der Waals surface area contributed by atoms with Crippen molar-refractivity contribution in [1.82, 2.24) is 14.1 Å². The van der Waals surface area contributed by atoms with E-state index in [2.05, 4.69) is 4.98 Å². The molecule has 90 valence electrons. The minimum atomic E-state index is 0.907. The number of pyridine rings is 1. The molecule has 3 rings (SSSR count). The molecule has 0 N–H and O–H groups in total. The van der Waals surface area contributed by atoms with E-state index < -0.39 is 0 Å². The Morgan fingerprint density at radius 1 is 0.889 bits per heavy atom. The molecule has 0 spiro atoms. The highest BCUT2D eigenvalue weighted by Gasteiger charge is 2.10. The van der Waals surface area contributed by atoms with Crippen molar-refractivity contribution in [2.24, 2.45) is 14.1 Å². The number of hydrogen-bond donors (Lipinski definition) is 0. The van der Waals surface area contributed by atoms with Crippen molar-refractivity contribution in [2.75, 3.05) is 0 Å². The third kappa shape index (κ3) is 1.90. The Balaban J connectivity index is 2.04. The van der Waals surface area contributed by atoms with Crippen molar-refractivity contribution in [3.8, 4) is 11.6 Å². The number of aromatic nitrogens is 5. The summed E-state index contributed by atoms with van der Waals surface area (Å²) in [5, 5.41) is 0. The summed E-state index contributed by atoms with van der Waals surface area (Å²) in [6, 6.07) is 6.00. The fourth-order valence-corrected chi connectivity index (χ4v) is 1.87. The van der Waals surface area contributed by atoms with Gasteiger partial charge in [0.1, 0.15) is 24.8 Å². The van der Waals surface area contributed by atoms with Gasteiger partial charge < -0.3 is 0 Å². The third-order valence-electron chi connectivity index (χ3n) is 2.79. The van der Waals surface area contributed by atoms with E-state index in [-0.39, 0.29) is 0 Å². The summed E-state index contributed by atoms with van der Waals surface area (Å²) in [6.45, 7) is 0. The molecule has 0 unspecified atom stereocenters. The summed E-state index contributed by atoms with van der Waals surface area (Å²) in [6.07, 6.45) is 11.9. The average Bonchev–Trinajstić information content (AvgIpc) is 2.98. The van der Waals surface area contributed by atoms with Crippen LogP contribution >= 0.6 is 0 Å². The van der Waals surface area contributed by atoms with E-state index in [0.29, 0.717) is 0 Å². The fourth-order valence-electron chi connectivity index (χ4n) is 1.87. The molecule has 3 aromatic rings. The zero-order chi connectivity index (χ0) is 12.5. The van der Waals surface area contributed by atoms with Gasteiger partial charge in [0.2, 0.25) is 24.3 Å². The van der Waals surface area contributed by atoms with Gasteiger partial charge in [-0.15, -0.1) is 0 Å². The van der Waals surface area contributed by atoms with Gasteiger partial charge in [-0.1, -0.05) is 6.07 Å². The Labute approximate surface area is 105 Å². The second-order valence-corrected chi connectivity index (χ2v) is 4.33. The van der Waals surface area contributed by atoms with Crippen LogP contribution in [0.5, 0.6) is 0 Å². The molecule has 0 bridgehead atoms. The van der Waals surface area contributed by atoms with Crippen LogP contribution in [0.2, 0.25) is 0 Å². The molecule has 3 heterocycles. The highest BCUT2D eigenvalue weighted by Crippen LogP contribution is 2.07. The summed E-state index contributed by atoms with van der Waals surface area (Å²) in [7, 11) is 3.98. The molecule has 0 aliphatic heterocycles. The quantitative estimate of drug-likeness (QED) is 0.594. The zero-order valence-electron chi connectivity index (χ0n) is 10.4. The Morgan fingerprint density at radius 3 is 1.78 bits per heavy atom. The van der Waals surface area contributed by atoms with E-state index >= 15 is 0 Å². The van der Waals surface area contributed by atoms with Crippen LogP contribution < -0.4 is 9.13 Å². The fraction of sp³-hybridized carbons (Fsp3) is 0.154. The first kappa shape index (κ1) is 10.7. The maximum absolute atomic E-state index is 4.64. The molecule has 5 heteroatoms. The van der Waals surface area contributed by atoms with Crippen LogP contribution in [0.15, 0.2) is 55.6 Å². The lowest BCUT2D eigenvalue weighted by atomic mass is 10.4. The first-order valence-corrected chi connectivity index (χ1v) is 5.77. The number of nitrogens with zero attached hydrogens (tertiary/aromatic N) is 5. The molecule has 0 amide bonds. The molecule has 0 aromatic carbocycles. The lowest BCUT2D eigenvalue weighted by Crippen LogP contribution is -2.24. The number of imidazole rings is 2. The third-order valence-corrected chi connectivity index (χ3v) is 2.79. The number of aryl methyl sites for hydroxylation is 2. The van der Waals surface area contributed by atoms with E-state index in [4.69, 9.17) is 0 Å². The lowest BCUT2D eigenvalue weighted by Gasteiger charge is -1.97. The Bertz CT molecular complexity index is 625. The Morgan fingerprint density at radius 2 is 1.39 bits per heavy atom. The lowest BCUT2D eigenvalue weighted by molar-refractivity contribution is -0.670. The first-order chi connectivity index (χ1) is 8.72. The summed E-state index contributed by atoms with van der Waals surface area (Å²) in [5.41, 5.74) is 0. The van der Waals surface area contributed by atoms with E-state index in [1.807, 2.05) is 88.0 Å². The van der Waals surface area contributed by atoms with Gasteiger partial charge in [-0.2, -0.15) is 14.1 Å². The van der Waals surface area contributed by atoms with Gasteiger partial charge in [-0.05, 0) is 0 Å². The summed E-state index contributed by atoms with van der Waals surface area (Å²) in [5.74, 6) is 1.81. The molecule has 0 saturated heterocycles. The van der Waals surface area contributed by atoms with Gasteiger partial charge >= 0.3 is 0 Å². The smallest absolute Gasteiger partial charge is 0.239 e. The van der Waals surface area contributed by atoms with Crippen LogP contribution in [0.1, 0.15) is 0 Å². The van der Waals surface area contributed by atoms with Gasteiger partial charge in [-0.25, -0.2) is 9.13 Å². The maximum Gasteiger partial charge on any atom is 0.250 e. The summed E-state index contributed by atoms with van der Waals surface area (Å²) in [4.78, 5) is 4.64. The predicted octanol–water partition coefficient (Wildman–Crippen LogP) is 0.312. The van der Waals surface area contributed by atoms with E-state index in [1.165, 1.54) is 0 Å². The second-order valence-electron chi connectivity index (χ2n) is 4.33. The standard InChI is InChI=1S/C13H15N5/c1-15-6-8-17(10-15)12-4-3-5-13(14-12)18-9-7-16(2)11-18/h3-11H,1-2H3/q+2. The van der Waals surface area contributed by atoms with Crippen molar-refractivity contribution < 1.29 is 9.13 Å². The minimum Gasteiger partial charge on any atom is -0.239 e. The van der Waals surface area contributed by atoms with Gasteiger partial charge in [0.25, 0.3) is 0 Å². The summed E-state index contributed by atoms with van der Waals surface area (Å²) < 4.78 is 7.97. The second kappa shape index (κ2) is 4.10. The zero-order valence-corrected chi connectivity index (χ0v) is 10.4. The van der Waals surface area contributed by atoms with Crippen molar-refractivity contribution >= 4 is 0 Å². The van der Waals surface area contributed by atoms with Gasteiger partial charge in [0.05, 0.1) is 14.1 Å². The highest BCUT2D eigenvalue weighted by molar-refractivity contribution is 5.31. The Hall–Kier alpha value is -2.43. The number of rotatable bonds is 2. The van der Waals surface area contributed by atoms with Crippen molar-refractivity contribution in [1.29, 1.82) is 0 Å². The van der Waals surface area contributed by atoms with E-state index in [1.54, 1.807) is 0 Å². The minimum absolute atomic E-state index is 0.907. The van der Waals surface area contributed by atoms with Crippen LogP contribution in [0.3, 0.4) is 0 Å². The number of hydrogen-bond acceptors (Lipinski definition) is 1. The van der Waals surface area contributed by atoms with Crippen molar-refractivity contribution in [3.05, 3.63) is 55.6 Å². The first-order valence-electron chi connectivity index (χ1n) is 5.77. The molecule has 3 aromatic heterocycles. The van der Waals surface area contributed by atoms with Gasteiger partial charge in [0, 0.05) is 12.1 Å². The molecule has 0 radical (unpaired) electrons. The molecule has 0 atom stereocenters. The van der Waals surface area contributed by atoms with Gasteiger partial charge in [0.15, 0.2) is 0 Å². The van der Waals surface area contributed by atoms with Crippen LogP contribution in [0.4, 0.5) is 0 Å². The molecular formula is C13H15N5+2. The molecule has 0 fully saturated rings. The van der Waals surface area contributed by atoms with Crippen LogP contribution in [0, 0.1) is 0 Å². The van der Waals surface area contributed by atoms with Crippen LogP contribution in [0.25, 0.3) is 11.6 Å². The largest absolute Gasteiger partial charge is 0.250 e. The monoisotopic (exact) mass is 241 g/mol. The van der Waals surface area contributed by atoms with Crippen molar-refractivity contribution in [2.45, 2.75) is 0 Å². The Kier molecular flexibility index (Phi) is 2.44. The maximum atomic E-state index is 4.64. The molecule has 0 aliphatic rings. The normalized spacial score (nSPS) is 10.8. The predicted molar refractivity (Wildman–Crippen MR) is 65.2 cm³/mol. The highest BCUT2D eigenvalue weighted by atomic mass is 15.2. The van der Waals surface area contributed by atoms with E-state index in [9.17, 15) is 0 Å². The van der Waals surface area contributed by atoms with Gasteiger partial charge in [-0.3, -0.25) is 0 Å². The van der Waals surface area contributed by atoms with Crippen LogP contribution in [-0.4, -0.2) is 14.1 Å².